The normalized spacial score (nSPS) is 10.2. The molecule has 0 atom stereocenters. The Morgan fingerprint density at radius 2 is 2.35 bits per heavy atom. The van der Waals surface area contributed by atoms with Gasteiger partial charge in [-0.05, 0) is 30.3 Å². The Morgan fingerprint density at radius 1 is 1.55 bits per heavy atom. The summed E-state index contributed by atoms with van der Waals surface area (Å²) in [7, 11) is 0. The molecule has 0 spiro atoms. The summed E-state index contributed by atoms with van der Waals surface area (Å²) in [6.07, 6.45) is 1.50. The van der Waals surface area contributed by atoms with Gasteiger partial charge >= 0.3 is 5.69 Å². The molecule has 1 heterocycles. The first-order valence-corrected chi connectivity index (χ1v) is 6.83. The first kappa shape index (κ1) is 14.1. The van der Waals surface area contributed by atoms with Crippen LogP contribution in [0.3, 0.4) is 0 Å². The van der Waals surface area contributed by atoms with E-state index in [9.17, 15) is 9.59 Å². The number of aldehydes is 1. The van der Waals surface area contributed by atoms with Crippen molar-refractivity contribution < 1.29 is 4.79 Å². The van der Waals surface area contributed by atoms with Crippen LogP contribution in [-0.2, 0) is 6.54 Å². The van der Waals surface area contributed by atoms with Crippen molar-refractivity contribution in [2.75, 3.05) is 0 Å². The molecule has 1 aromatic heterocycles. The SMILES string of the molecule is CCCn1c(Sc2ccc(C=O)cc2C#N)n[nH]c1=O. The zero-order valence-corrected chi connectivity index (χ0v) is 11.6. The fourth-order valence-electron chi connectivity index (χ4n) is 1.70. The topological polar surface area (TPSA) is 91.5 Å². The first-order chi connectivity index (χ1) is 9.69. The second-order valence-electron chi connectivity index (χ2n) is 4.05. The average Bonchev–Trinajstić information content (AvgIpc) is 2.81. The Kier molecular flexibility index (Phi) is 4.38. The molecule has 0 radical (unpaired) electrons. The molecule has 2 rings (SSSR count). The van der Waals surface area contributed by atoms with Crippen molar-refractivity contribution in [1.29, 1.82) is 5.26 Å². The molecule has 0 unspecified atom stereocenters. The van der Waals surface area contributed by atoms with Gasteiger partial charge < -0.3 is 0 Å². The molecule has 0 saturated heterocycles. The zero-order chi connectivity index (χ0) is 14.5. The van der Waals surface area contributed by atoms with E-state index in [4.69, 9.17) is 5.26 Å². The summed E-state index contributed by atoms with van der Waals surface area (Å²) in [5.41, 5.74) is 0.564. The Balaban J connectivity index is 2.38. The number of aromatic amines is 1. The largest absolute Gasteiger partial charge is 0.343 e. The fraction of sp³-hybridized carbons (Fsp3) is 0.231. The number of nitrogens with one attached hydrogen (secondary N) is 1. The lowest BCUT2D eigenvalue weighted by atomic mass is 10.1. The van der Waals surface area contributed by atoms with Crippen LogP contribution in [0.25, 0.3) is 0 Å². The number of carbonyl (C=O) groups excluding carboxylic acids is 1. The number of carbonyl (C=O) groups is 1. The molecular weight excluding hydrogens is 276 g/mol. The van der Waals surface area contributed by atoms with E-state index in [0.29, 0.717) is 34.0 Å². The van der Waals surface area contributed by atoms with E-state index in [1.54, 1.807) is 12.1 Å². The molecule has 1 aromatic carbocycles. The van der Waals surface area contributed by atoms with Gasteiger partial charge in [-0.25, -0.2) is 9.89 Å². The molecule has 2 aromatic rings. The number of nitriles is 1. The lowest BCUT2D eigenvalue weighted by Gasteiger charge is -2.05. The molecule has 7 heteroatoms. The van der Waals surface area contributed by atoms with Gasteiger partial charge in [0, 0.05) is 17.0 Å². The van der Waals surface area contributed by atoms with Gasteiger partial charge in [0.1, 0.15) is 12.4 Å². The fourth-order valence-corrected chi connectivity index (χ4v) is 2.62. The summed E-state index contributed by atoms with van der Waals surface area (Å²) in [5, 5.41) is 16.0. The highest BCUT2D eigenvalue weighted by molar-refractivity contribution is 7.99. The summed E-state index contributed by atoms with van der Waals surface area (Å²) in [5.74, 6) is 0. The van der Waals surface area contributed by atoms with Gasteiger partial charge in [-0.15, -0.1) is 5.10 Å². The van der Waals surface area contributed by atoms with Gasteiger partial charge in [-0.1, -0.05) is 13.0 Å². The summed E-state index contributed by atoms with van der Waals surface area (Å²) in [6.45, 7) is 2.53. The number of H-pyrrole nitrogens is 1. The maximum Gasteiger partial charge on any atom is 0.343 e. The van der Waals surface area contributed by atoms with Crippen LogP contribution in [0.2, 0.25) is 0 Å². The summed E-state index contributed by atoms with van der Waals surface area (Å²) in [4.78, 5) is 23.0. The van der Waals surface area contributed by atoms with Crippen LogP contribution in [-0.4, -0.2) is 21.1 Å². The van der Waals surface area contributed by atoms with Gasteiger partial charge in [0.2, 0.25) is 0 Å². The van der Waals surface area contributed by atoms with Crippen LogP contribution < -0.4 is 5.69 Å². The number of hydrogen-bond acceptors (Lipinski definition) is 5. The third-order valence-electron chi connectivity index (χ3n) is 2.63. The van der Waals surface area contributed by atoms with E-state index >= 15 is 0 Å². The van der Waals surface area contributed by atoms with E-state index in [1.807, 2.05) is 13.0 Å². The number of aromatic nitrogens is 3. The quantitative estimate of drug-likeness (QED) is 0.847. The Morgan fingerprint density at radius 3 is 3.00 bits per heavy atom. The summed E-state index contributed by atoms with van der Waals surface area (Å²) >= 11 is 1.23. The molecule has 0 bridgehead atoms. The van der Waals surface area contributed by atoms with Crippen LogP contribution in [0.4, 0.5) is 0 Å². The highest BCUT2D eigenvalue weighted by atomic mass is 32.2. The van der Waals surface area contributed by atoms with E-state index < -0.39 is 0 Å². The molecule has 6 nitrogen and oxygen atoms in total. The summed E-state index contributed by atoms with van der Waals surface area (Å²) < 4.78 is 1.53. The second kappa shape index (κ2) is 6.21. The number of rotatable bonds is 5. The second-order valence-corrected chi connectivity index (χ2v) is 5.06. The maximum absolute atomic E-state index is 11.6. The van der Waals surface area contributed by atoms with Crippen molar-refractivity contribution in [1.82, 2.24) is 14.8 Å². The predicted molar refractivity (Wildman–Crippen MR) is 73.8 cm³/mol. The third kappa shape index (κ3) is 2.81. The van der Waals surface area contributed by atoms with Crippen LogP contribution in [0.1, 0.15) is 29.3 Å². The van der Waals surface area contributed by atoms with Gasteiger partial charge in [-0.3, -0.25) is 9.36 Å². The standard InChI is InChI=1S/C13H12N4O2S/c1-2-5-17-12(19)15-16-13(17)20-11-4-3-9(8-18)6-10(11)7-14/h3-4,6,8H,2,5H2,1H3,(H,15,19). The van der Waals surface area contributed by atoms with Crippen molar-refractivity contribution in [2.45, 2.75) is 29.9 Å². The Hall–Kier alpha value is -2.33. The van der Waals surface area contributed by atoms with Crippen molar-refractivity contribution in [3.05, 3.63) is 39.8 Å². The molecule has 20 heavy (non-hydrogen) atoms. The number of hydrogen-bond donors (Lipinski definition) is 1. The Bertz CT molecular complexity index is 727. The molecule has 0 amide bonds. The monoisotopic (exact) mass is 288 g/mol. The smallest absolute Gasteiger partial charge is 0.298 e. The van der Waals surface area contributed by atoms with Crippen molar-refractivity contribution >= 4 is 18.0 Å². The highest BCUT2D eigenvalue weighted by Gasteiger charge is 2.12. The predicted octanol–water partition coefficient (Wildman–Crippen LogP) is 1.82. The lowest BCUT2D eigenvalue weighted by molar-refractivity contribution is 0.112. The minimum Gasteiger partial charge on any atom is -0.298 e. The van der Waals surface area contributed by atoms with E-state index in [2.05, 4.69) is 10.2 Å². The maximum atomic E-state index is 11.6. The molecular formula is C13H12N4O2S. The molecule has 0 fully saturated rings. The van der Waals surface area contributed by atoms with Crippen molar-refractivity contribution in [3.63, 3.8) is 0 Å². The van der Waals surface area contributed by atoms with Crippen LogP contribution >= 0.6 is 11.8 Å². The molecule has 102 valence electrons. The molecule has 0 aliphatic rings. The van der Waals surface area contributed by atoms with Crippen molar-refractivity contribution in [2.24, 2.45) is 0 Å². The van der Waals surface area contributed by atoms with Crippen LogP contribution in [0, 0.1) is 11.3 Å². The van der Waals surface area contributed by atoms with Crippen LogP contribution in [0.5, 0.6) is 0 Å². The molecule has 0 aliphatic heterocycles. The third-order valence-corrected chi connectivity index (χ3v) is 3.70. The highest BCUT2D eigenvalue weighted by Crippen LogP contribution is 2.28. The minimum atomic E-state index is -0.266. The van der Waals surface area contributed by atoms with E-state index in [0.717, 1.165) is 6.42 Å². The van der Waals surface area contributed by atoms with E-state index in [1.165, 1.54) is 22.4 Å². The van der Waals surface area contributed by atoms with Gasteiger partial charge in [0.25, 0.3) is 0 Å². The van der Waals surface area contributed by atoms with E-state index in [-0.39, 0.29) is 5.69 Å². The van der Waals surface area contributed by atoms with Gasteiger partial charge in [-0.2, -0.15) is 5.26 Å². The Labute approximate surface area is 119 Å². The number of nitrogens with zero attached hydrogens (tertiary/aromatic N) is 3. The summed E-state index contributed by atoms with van der Waals surface area (Å²) in [6, 6.07) is 6.87. The van der Waals surface area contributed by atoms with Gasteiger partial charge in [0.15, 0.2) is 5.16 Å². The molecule has 0 saturated carbocycles. The molecule has 0 aliphatic carbocycles. The average molecular weight is 288 g/mol. The lowest BCUT2D eigenvalue weighted by Crippen LogP contribution is -2.17. The minimum absolute atomic E-state index is 0.266. The van der Waals surface area contributed by atoms with Crippen molar-refractivity contribution in [3.8, 4) is 6.07 Å². The zero-order valence-electron chi connectivity index (χ0n) is 10.8. The van der Waals surface area contributed by atoms with Gasteiger partial charge in [0.05, 0.1) is 5.56 Å². The van der Waals surface area contributed by atoms with Crippen LogP contribution in [0.15, 0.2) is 33.0 Å². The first-order valence-electron chi connectivity index (χ1n) is 6.02. The number of benzene rings is 1. The molecule has 1 N–H and O–H groups in total.